The Morgan fingerprint density at radius 1 is 1.27 bits per heavy atom. The summed E-state index contributed by atoms with van der Waals surface area (Å²) in [6.45, 7) is 8.36. The van der Waals surface area contributed by atoms with Crippen LogP contribution in [0.4, 0.5) is 0 Å². The van der Waals surface area contributed by atoms with E-state index >= 15 is 0 Å². The Morgan fingerprint density at radius 2 is 1.93 bits per heavy atom. The van der Waals surface area contributed by atoms with Crippen LogP contribution >= 0.6 is 0 Å². The monoisotopic (exact) mass is 204 g/mol. The standard InChI is InChI=1S/C14H20O/c1-10(2)5-8-14(15)13-7-6-11(3)9-12(13)4/h6-7,9-10H,5,8H2,1-4H3. The predicted molar refractivity (Wildman–Crippen MR) is 64.3 cm³/mol. The van der Waals surface area contributed by atoms with Crippen molar-refractivity contribution in [2.45, 2.75) is 40.5 Å². The first-order valence-corrected chi connectivity index (χ1v) is 5.61. The second kappa shape index (κ2) is 5.11. The van der Waals surface area contributed by atoms with E-state index in [0.29, 0.717) is 12.3 Å². The molecule has 0 atom stereocenters. The van der Waals surface area contributed by atoms with E-state index in [-0.39, 0.29) is 5.78 Å². The lowest BCUT2D eigenvalue weighted by molar-refractivity contribution is 0.0975. The topological polar surface area (TPSA) is 17.1 Å². The number of aryl methyl sites for hydroxylation is 2. The van der Waals surface area contributed by atoms with Crippen LogP contribution in [0.3, 0.4) is 0 Å². The zero-order valence-electron chi connectivity index (χ0n) is 10.1. The number of hydrogen-bond donors (Lipinski definition) is 0. The minimum Gasteiger partial charge on any atom is -0.294 e. The summed E-state index contributed by atoms with van der Waals surface area (Å²) >= 11 is 0. The van der Waals surface area contributed by atoms with Crippen LogP contribution in [-0.2, 0) is 0 Å². The molecule has 82 valence electrons. The summed E-state index contributed by atoms with van der Waals surface area (Å²) in [6.07, 6.45) is 1.65. The second-order valence-corrected chi connectivity index (χ2v) is 4.67. The number of hydrogen-bond acceptors (Lipinski definition) is 1. The highest BCUT2D eigenvalue weighted by Gasteiger charge is 2.09. The Kier molecular flexibility index (Phi) is 4.07. The molecule has 0 spiro atoms. The third kappa shape index (κ3) is 3.50. The van der Waals surface area contributed by atoms with Crippen LogP contribution in [0.5, 0.6) is 0 Å². The van der Waals surface area contributed by atoms with Gasteiger partial charge in [-0.2, -0.15) is 0 Å². The maximum Gasteiger partial charge on any atom is 0.163 e. The van der Waals surface area contributed by atoms with E-state index in [4.69, 9.17) is 0 Å². The fraction of sp³-hybridized carbons (Fsp3) is 0.500. The molecule has 1 heteroatoms. The SMILES string of the molecule is Cc1ccc(C(=O)CCC(C)C)c(C)c1. The Bertz CT molecular complexity index is 350. The molecule has 0 aliphatic heterocycles. The van der Waals surface area contributed by atoms with Crippen molar-refractivity contribution in [3.63, 3.8) is 0 Å². The predicted octanol–water partition coefficient (Wildman–Crippen LogP) is 3.92. The molecule has 0 aromatic heterocycles. The van der Waals surface area contributed by atoms with Gasteiger partial charge >= 0.3 is 0 Å². The van der Waals surface area contributed by atoms with Gasteiger partial charge in [0.15, 0.2) is 5.78 Å². The Labute approximate surface area is 92.5 Å². The quantitative estimate of drug-likeness (QED) is 0.679. The lowest BCUT2D eigenvalue weighted by atomic mass is 9.97. The first-order valence-electron chi connectivity index (χ1n) is 5.61. The van der Waals surface area contributed by atoms with Crippen molar-refractivity contribution >= 4 is 5.78 Å². The number of carbonyl (C=O) groups excluding carboxylic acids is 1. The first-order chi connectivity index (χ1) is 7.00. The Morgan fingerprint density at radius 3 is 2.47 bits per heavy atom. The van der Waals surface area contributed by atoms with Crippen molar-refractivity contribution in [1.82, 2.24) is 0 Å². The maximum atomic E-state index is 11.9. The van der Waals surface area contributed by atoms with Crippen LogP contribution in [0.2, 0.25) is 0 Å². The molecule has 0 amide bonds. The smallest absolute Gasteiger partial charge is 0.163 e. The van der Waals surface area contributed by atoms with Crippen LogP contribution in [0.25, 0.3) is 0 Å². The van der Waals surface area contributed by atoms with Crippen LogP contribution in [0, 0.1) is 19.8 Å². The van der Waals surface area contributed by atoms with Gasteiger partial charge in [0.25, 0.3) is 0 Å². The van der Waals surface area contributed by atoms with Crippen molar-refractivity contribution < 1.29 is 4.79 Å². The third-order valence-corrected chi connectivity index (χ3v) is 2.63. The molecule has 0 aliphatic carbocycles. The van der Waals surface area contributed by atoms with E-state index in [1.807, 2.05) is 19.1 Å². The Balaban J connectivity index is 2.74. The largest absolute Gasteiger partial charge is 0.294 e. The lowest BCUT2D eigenvalue weighted by Gasteiger charge is -2.07. The fourth-order valence-electron chi connectivity index (χ4n) is 1.68. The fourth-order valence-corrected chi connectivity index (χ4v) is 1.68. The molecule has 0 heterocycles. The molecule has 1 rings (SSSR count). The molecule has 1 nitrogen and oxygen atoms in total. The van der Waals surface area contributed by atoms with Crippen molar-refractivity contribution in [2.24, 2.45) is 5.92 Å². The van der Waals surface area contributed by atoms with Gasteiger partial charge < -0.3 is 0 Å². The summed E-state index contributed by atoms with van der Waals surface area (Å²) in [5.74, 6) is 0.876. The van der Waals surface area contributed by atoms with Crippen LogP contribution < -0.4 is 0 Å². The third-order valence-electron chi connectivity index (χ3n) is 2.63. The second-order valence-electron chi connectivity index (χ2n) is 4.67. The van der Waals surface area contributed by atoms with Gasteiger partial charge in [0.2, 0.25) is 0 Å². The molecule has 0 fully saturated rings. The maximum absolute atomic E-state index is 11.9. The average Bonchev–Trinajstić information content (AvgIpc) is 2.14. The van der Waals surface area contributed by atoms with Gasteiger partial charge in [-0.3, -0.25) is 4.79 Å². The van der Waals surface area contributed by atoms with Gasteiger partial charge in [-0.25, -0.2) is 0 Å². The van der Waals surface area contributed by atoms with Gasteiger partial charge in [0, 0.05) is 12.0 Å². The van der Waals surface area contributed by atoms with Gasteiger partial charge in [0.05, 0.1) is 0 Å². The minimum absolute atomic E-state index is 0.279. The van der Waals surface area contributed by atoms with Crippen molar-refractivity contribution in [3.8, 4) is 0 Å². The summed E-state index contributed by atoms with van der Waals surface area (Å²) < 4.78 is 0. The van der Waals surface area contributed by atoms with Crippen LogP contribution in [0.15, 0.2) is 18.2 Å². The van der Waals surface area contributed by atoms with E-state index in [1.165, 1.54) is 5.56 Å². The zero-order valence-corrected chi connectivity index (χ0v) is 10.1. The lowest BCUT2D eigenvalue weighted by Crippen LogP contribution is -2.03. The normalized spacial score (nSPS) is 10.7. The average molecular weight is 204 g/mol. The van der Waals surface area contributed by atoms with E-state index in [9.17, 15) is 4.79 Å². The highest BCUT2D eigenvalue weighted by molar-refractivity contribution is 5.97. The summed E-state index contributed by atoms with van der Waals surface area (Å²) in [4.78, 5) is 11.9. The number of rotatable bonds is 4. The van der Waals surface area contributed by atoms with E-state index < -0.39 is 0 Å². The molecule has 0 saturated heterocycles. The number of carbonyl (C=O) groups is 1. The summed E-state index contributed by atoms with van der Waals surface area (Å²) in [6, 6.07) is 6.03. The molecule has 0 bridgehead atoms. The van der Waals surface area contributed by atoms with E-state index in [1.54, 1.807) is 0 Å². The van der Waals surface area contributed by atoms with Gasteiger partial charge in [-0.1, -0.05) is 37.6 Å². The van der Waals surface area contributed by atoms with E-state index in [2.05, 4.69) is 26.8 Å². The molecule has 1 aromatic rings. The molecular weight excluding hydrogens is 184 g/mol. The highest BCUT2D eigenvalue weighted by Crippen LogP contribution is 2.15. The first kappa shape index (κ1) is 12.0. The van der Waals surface area contributed by atoms with Crippen LogP contribution in [-0.4, -0.2) is 5.78 Å². The van der Waals surface area contributed by atoms with Gasteiger partial charge in [-0.05, 0) is 31.7 Å². The molecule has 0 saturated carbocycles. The van der Waals surface area contributed by atoms with Crippen molar-refractivity contribution in [3.05, 3.63) is 34.9 Å². The molecule has 15 heavy (non-hydrogen) atoms. The number of ketones is 1. The van der Waals surface area contributed by atoms with Gasteiger partial charge in [-0.15, -0.1) is 0 Å². The van der Waals surface area contributed by atoms with Crippen LogP contribution in [0.1, 0.15) is 48.2 Å². The van der Waals surface area contributed by atoms with Crippen molar-refractivity contribution in [2.75, 3.05) is 0 Å². The zero-order chi connectivity index (χ0) is 11.4. The molecular formula is C14H20O. The number of benzene rings is 1. The van der Waals surface area contributed by atoms with Gasteiger partial charge in [0.1, 0.15) is 0 Å². The summed E-state index contributed by atoms with van der Waals surface area (Å²) in [5.41, 5.74) is 3.21. The highest BCUT2D eigenvalue weighted by atomic mass is 16.1. The van der Waals surface area contributed by atoms with E-state index in [0.717, 1.165) is 17.5 Å². The molecule has 0 unspecified atom stereocenters. The van der Waals surface area contributed by atoms with Crippen molar-refractivity contribution in [1.29, 1.82) is 0 Å². The minimum atomic E-state index is 0.279. The molecule has 1 aromatic carbocycles. The molecule has 0 N–H and O–H groups in total. The Hall–Kier alpha value is -1.11. The summed E-state index contributed by atoms with van der Waals surface area (Å²) in [7, 11) is 0. The summed E-state index contributed by atoms with van der Waals surface area (Å²) in [5, 5.41) is 0. The number of Topliss-reactive ketones (excluding diaryl/α,β-unsaturated/α-hetero) is 1. The molecule has 0 radical (unpaired) electrons. The molecule has 0 aliphatic rings.